The third-order valence-corrected chi connectivity index (χ3v) is 2.65. The van der Waals surface area contributed by atoms with Crippen LogP contribution in [0, 0.1) is 0 Å². The van der Waals surface area contributed by atoms with E-state index in [0.717, 1.165) is 0 Å². The van der Waals surface area contributed by atoms with Crippen LogP contribution < -0.4 is 10.1 Å². The first-order valence-electron chi connectivity index (χ1n) is 5.75. The summed E-state index contributed by atoms with van der Waals surface area (Å²) in [4.78, 5) is 11.7. The number of alkyl halides is 2. The highest BCUT2D eigenvalue weighted by atomic mass is 35.5. The summed E-state index contributed by atoms with van der Waals surface area (Å²) in [6.07, 6.45) is 1.28. The van der Waals surface area contributed by atoms with Crippen LogP contribution in [0.4, 0.5) is 8.78 Å². The molecule has 0 fully saturated rings. The number of carbonyl (C=O) groups is 1. The fraction of sp³-hybridized carbons (Fsp3) is 0.273. The SMILES string of the molecule is O=C(Cn1cnnn1)NCc1cc(Cl)ccc1OC(F)F. The first kappa shape index (κ1) is 15.1. The number of hydrogen-bond donors (Lipinski definition) is 1. The summed E-state index contributed by atoms with van der Waals surface area (Å²) < 4.78 is 30.2. The predicted molar refractivity (Wildman–Crippen MR) is 67.7 cm³/mol. The highest BCUT2D eigenvalue weighted by Crippen LogP contribution is 2.24. The molecule has 112 valence electrons. The number of benzene rings is 1. The van der Waals surface area contributed by atoms with Gasteiger partial charge in [-0.2, -0.15) is 8.78 Å². The Kier molecular flexibility index (Phi) is 4.99. The standard InChI is InChI=1S/C11H10ClF2N5O2/c12-8-1-2-9(21-11(13)14)7(3-8)4-15-10(20)5-19-6-16-17-18-19/h1-3,6,11H,4-5H2,(H,15,20). The Hall–Kier alpha value is -2.29. The molecule has 0 bridgehead atoms. The summed E-state index contributed by atoms with van der Waals surface area (Å²) in [5, 5.41) is 13.2. The molecule has 1 aromatic carbocycles. The molecule has 0 unspecified atom stereocenters. The van der Waals surface area contributed by atoms with Gasteiger partial charge in [-0.1, -0.05) is 11.6 Å². The minimum absolute atomic E-state index is 0.0103. The van der Waals surface area contributed by atoms with Crippen LogP contribution in [0.25, 0.3) is 0 Å². The molecule has 1 aromatic heterocycles. The van der Waals surface area contributed by atoms with Gasteiger partial charge in [0.2, 0.25) is 5.91 Å². The zero-order valence-electron chi connectivity index (χ0n) is 10.5. The molecular formula is C11H10ClF2N5O2. The monoisotopic (exact) mass is 317 g/mol. The number of halogens is 3. The first-order chi connectivity index (χ1) is 10.0. The first-order valence-corrected chi connectivity index (χ1v) is 6.13. The maximum atomic E-state index is 12.3. The molecule has 0 saturated carbocycles. The fourth-order valence-corrected chi connectivity index (χ4v) is 1.74. The second kappa shape index (κ2) is 6.93. The largest absolute Gasteiger partial charge is 0.434 e. The summed E-state index contributed by atoms with van der Waals surface area (Å²) in [5.74, 6) is -0.428. The molecule has 1 amide bonds. The number of nitrogens with one attached hydrogen (secondary N) is 1. The number of tetrazole rings is 1. The topological polar surface area (TPSA) is 81.9 Å². The third kappa shape index (κ3) is 4.63. The number of aromatic nitrogens is 4. The van der Waals surface area contributed by atoms with Crippen LogP contribution in [0.3, 0.4) is 0 Å². The molecule has 21 heavy (non-hydrogen) atoms. The quantitative estimate of drug-likeness (QED) is 0.867. The maximum absolute atomic E-state index is 12.3. The Morgan fingerprint density at radius 1 is 1.48 bits per heavy atom. The van der Waals surface area contributed by atoms with Crippen LogP contribution in [0.5, 0.6) is 5.75 Å². The van der Waals surface area contributed by atoms with Gasteiger partial charge >= 0.3 is 6.61 Å². The molecule has 0 saturated heterocycles. The number of carbonyl (C=O) groups excluding carboxylic acids is 1. The molecule has 0 aliphatic heterocycles. The molecular weight excluding hydrogens is 308 g/mol. The molecule has 7 nitrogen and oxygen atoms in total. The van der Waals surface area contributed by atoms with E-state index in [1.807, 2.05) is 0 Å². The molecule has 0 atom stereocenters. The van der Waals surface area contributed by atoms with Gasteiger partial charge in [-0.3, -0.25) is 4.79 Å². The van der Waals surface area contributed by atoms with Gasteiger partial charge in [-0.15, -0.1) is 5.10 Å². The van der Waals surface area contributed by atoms with E-state index < -0.39 is 6.61 Å². The normalized spacial score (nSPS) is 10.7. The van der Waals surface area contributed by atoms with Crippen molar-refractivity contribution in [2.24, 2.45) is 0 Å². The van der Waals surface area contributed by atoms with Crippen molar-refractivity contribution in [2.45, 2.75) is 19.7 Å². The average molecular weight is 318 g/mol. The molecule has 0 spiro atoms. The van der Waals surface area contributed by atoms with Crippen molar-refractivity contribution < 1.29 is 18.3 Å². The van der Waals surface area contributed by atoms with Crippen molar-refractivity contribution >= 4 is 17.5 Å². The summed E-state index contributed by atoms with van der Waals surface area (Å²) in [6.45, 7) is -3.05. The van der Waals surface area contributed by atoms with E-state index in [9.17, 15) is 13.6 Å². The second-order valence-electron chi connectivity index (χ2n) is 3.91. The van der Waals surface area contributed by atoms with Gasteiger partial charge in [-0.25, -0.2) is 4.68 Å². The van der Waals surface area contributed by atoms with E-state index in [2.05, 4.69) is 25.6 Å². The van der Waals surface area contributed by atoms with Crippen molar-refractivity contribution in [3.8, 4) is 5.75 Å². The lowest BCUT2D eigenvalue weighted by molar-refractivity contribution is -0.122. The summed E-state index contributed by atoms with van der Waals surface area (Å²) in [5.41, 5.74) is 0.341. The third-order valence-electron chi connectivity index (χ3n) is 2.41. The van der Waals surface area contributed by atoms with Gasteiger partial charge < -0.3 is 10.1 Å². The van der Waals surface area contributed by atoms with Crippen LogP contribution >= 0.6 is 11.6 Å². The zero-order valence-corrected chi connectivity index (χ0v) is 11.3. The number of rotatable bonds is 6. The minimum atomic E-state index is -2.96. The molecule has 2 aromatic rings. The van der Waals surface area contributed by atoms with Gasteiger partial charge in [-0.05, 0) is 28.6 Å². The minimum Gasteiger partial charge on any atom is -0.434 e. The molecule has 10 heteroatoms. The van der Waals surface area contributed by atoms with Gasteiger partial charge in [0.05, 0.1) is 0 Å². The zero-order chi connectivity index (χ0) is 15.2. The highest BCUT2D eigenvalue weighted by molar-refractivity contribution is 6.30. The van der Waals surface area contributed by atoms with Crippen LogP contribution in [0.2, 0.25) is 5.02 Å². The van der Waals surface area contributed by atoms with E-state index in [1.54, 1.807) is 0 Å². The lowest BCUT2D eigenvalue weighted by atomic mass is 10.2. The molecule has 0 aliphatic rings. The Bertz CT molecular complexity index is 609. The van der Waals surface area contributed by atoms with Crippen molar-refractivity contribution in [3.05, 3.63) is 35.1 Å². The van der Waals surface area contributed by atoms with Crippen LogP contribution in [0.1, 0.15) is 5.56 Å². The molecule has 1 heterocycles. The predicted octanol–water partition coefficient (Wildman–Crippen LogP) is 1.24. The summed E-state index contributed by atoms with van der Waals surface area (Å²) in [7, 11) is 0. The average Bonchev–Trinajstić information content (AvgIpc) is 2.91. The smallest absolute Gasteiger partial charge is 0.387 e. The highest BCUT2D eigenvalue weighted by Gasteiger charge is 2.11. The lowest BCUT2D eigenvalue weighted by Gasteiger charge is -2.12. The van der Waals surface area contributed by atoms with E-state index in [-0.39, 0.29) is 24.7 Å². The van der Waals surface area contributed by atoms with Gasteiger partial charge in [0, 0.05) is 17.1 Å². The van der Waals surface area contributed by atoms with Crippen molar-refractivity contribution in [1.29, 1.82) is 0 Å². The van der Waals surface area contributed by atoms with Crippen LogP contribution in [-0.2, 0) is 17.9 Å². The molecule has 0 radical (unpaired) electrons. The lowest BCUT2D eigenvalue weighted by Crippen LogP contribution is -2.27. The van der Waals surface area contributed by atoms with E-state index in [4.69, 9.17) is 11.6 Å². The van der Waals surface area contributed by atoms with Gasteiger partial charge in [0.15, 0.2) is 0 Å². The Labute approximate surface area is 122 Å². The second-order valence-corrected chi connectivity index (χ2v) is 4.35. The van der Waals surface area contributed by atoms with Crippen molar-refractivity contribution in [1.82, 2.24) is 25.5 Å². The summed E-state index contributed by atoms with van der Waals surface area (Å²) in [6, 6.07) is 4.18. The van der Waals surface area contributed by atoms with E-state index in [1.165, 1.54) is 29.2 Å². The number of ether oxygens (including phenoxy) is 1. The van der Waals surface area contributed by atoms with Gasteiger partial charge in [0.25, 0.3) is 0 Å². The van der Waals surface area contributed by atoms with E-state index >= 15 is 0 Å². The van der Waals surface area contributed by atoms with E-state index in [0.29, 0.717) is 10.6 Å². The molecule has 0 aliphatic carbocycles. The Morgan fingerprint density at radius 2 is 2.29 bits per heavy atom. The van der Waals surface area contributed by atoms with Crippen LogP contribution in [0.15, 0.2) is 24.5 Å². The number of nitrogens with zero attached hydrogens (tertiary/aromatic N) is 4. The van der Waals surface area contributed by atoms with Crippen molar-refractivity contribution in [3.63, 3.8) is 0 Å². The number of hydrogen-bond acceptors (Lipinski definition) is 5. The molecule has 1 N–H and O–H groups in total. The maximum Gasteiger partial charge on any atom is 0.387 e. The summed E-state index contributed by atoms with van der Waals surface area (Å²) >= 11 is 5.80. The molecule has 2 rings (SSSR count). The van der Waals surface area contributed by atoms with Crippen LogP contribution in [-0.4, -0.2) is 32.7 Å². The number of amides is 1. The van der Waals surface area contributed by atoms with Crippen molar-refractivity contribution in [2.75, 3.05) is 0 Å². The Balaban J connectivity index is 1.98. The Morgan fingerprint density at radius 3 is 2.95 bits per heavy atom. The fourth-order valence-electron chi connectivity index (χ4n) is 1.55. The van der Waals surface area contributed by atoms with Gasteiger partial charge in [0.1, 0.15) is 18.6 Å².